The second-order valence-electron chi connectivity index (χ2n) is 5.72. The predicted octanol–water partition coefficient (Wildman–Crippen LogP) is 1.00. The highest BCUT2D eigenvalue weighted by molar-refractivity contribution is 7.89. The summed E-state index contributed by atoms with van der Waals surface area (Å²) in [6, 6.07) is 0.0622. The Hall–Kier alpha value is -0.170. The van der Waals surface area contributed by atoms with Crippen molar-refractivity contribution in [2.24, 2.45) is 5.92 Å². The zero-order chi connectivity index (χ0) is 12.6. The van der Waals surface area contributed by atoms with Crippen molar-refractivity contribution in [2.75, 3.05) is 19.0 Å². The molecule has 5 nitrogen and oxygen atoms in total. The molecular weight excluding hydrogens is 254 g/mol. The normalized spacial score (nSPS) is 28.9. The molecule has 104 valence electrons. The molecule has 1 saturated heterocycles. The number of nitrogens with one attached hydrogen (secondary N) is 1. The zero-order valence-electron chi connectivity index (χ0n) is 10.6. The molecule has 0 aromatic carbocycles. The van der Waals surface area contributed by atoms with Crippen LogP contribution in [-0.2, 0) is 19.5 Å². The van der Waals surface area contributed by atoms with E-state index in [9.17, 15) is 8.42 Å². The Kier molecular flexibility index (Phi) is 3.38. The van der Waals surface area contributed by atoms with Crippen LogP contribution in [0.2, 0.25) is 0 Å². The third kappa shape index (κ3) is 3.04. The summed E-state index contributed by atoms with van der Waals surface area (Å²) in [6.07, 6.45) is 5.34. The second kappa shape index (κ2) is 4.74. The Morgan fingerprint density at radius 2 is 1.67 bits per heavy atom. The largest absolute Gasteiger partial charge is 0.348 e. The Bertz CT molecular complexity index is 388. The molecule has 0 atom stereocenters. The highest BCUT2D eigenvalue weighted by Crippen LogP contribution is 2.36. The van der Waals surface area contributed by atoms with Gasteiger partial charge in [-0.25, -0.2) is 13.1 Å². The van der Waals surface area contributed by atoms with Gasteiger partial charge in [0.1, 0.15) is 0 Å². The average Bonchev–Trinajstić information content (AvgIpc) is 3.00. The second-order valence-corrected chi connectivity index (χ2v) is 7.52. The minimum atomic E-state index is -3.08. The highest BCUT2D eigenvalue weighted by atomic mass is 32.2. The fourth-order valence-corrected chi connectivity index (χ4v) is 4.65. The van der Waals surface area contributed by atoms with Gasteiger partial charge < -0.3 is 9.47 Å². The number of hydrogen-bond donors (Lipinski definition) is 1. The summed E-state index contributed by atoms with van der Waals surface area (Å²) in [5, 5.41) is 0. The van der Waals surface area contributed by atoms with Gasteiger partial charge in [0.25, 0.3) is 0 Å². The number of hydrogen-bond acceptors (Lipinski definition) is 4. The van der Waals surface area contributed by atoms with E-state index in [4.69, 9.17) is 9.47 Å². The van der Waals surface area contributed by atoms with E-state index in [1.807, 2.05) is 0 Å². The minimum Gasteiger partial charge on any atom is -0.348 e. The van der Waals surface area contributed by atoms with Crippen LogP contribution in [0.15, 0.2) is 0 Å². The molecule has 1 heterocycles. The number of rotatable bonds is 4. The predicted molar refractivity (Wildman–Crippen MR) is 66.5 cm³/mol. The molecule has 2 saturated carbocycles. The van der Waals surface area contributed by atoms with Gasteiger partial charge >= 0.3 is 0 Å². The smallest absolute Gasteiger partial charge is 0.212 e. The van der Waals surface area contributed by atoms with Gasteiger partial charge in [0.05, 0.1) is 19.0 Å². The van der Waals surface area contributed by atoms with Gasteiger partial charge in [0, 0.05) is 18.9 Å². The summed E-state index contributed by atoms with van der Waals surface area (Å²) in [6.45, 7) is 1.33. The lowest BCUT2D eigenvalue weighted by Crippen LogP contribution is -2.44. The Morgan fingerprint density at radius 1 is 1.06 bits per heavy atom. The fraction of sp³-hybridized carbons (Fsp3) is 1.00. The molecule has 2 aliphatic carbocycles. The molecule has 3 aliphatic rings. The lowest BCUT2D eigenvalue weighted by Gasteiger charge is -2.35. The van der Waals surface area contributed by atoms with Gasteiger partial charge in [-0.3, -0.25) is 0 Å². The maximum absolute atomic E-state index is 11.9. The molecule has 1 aliphatic heterocycles. The van der Waals surface area contributed by atoms with E-state index in [-0.39, 0.29) is 6.04 Å². The molecule has 0 amide bonds. The molecule has 1 N–H and O–H groups in total. The number of ether oxygens (including phenoxy) is 2. The van der Waals surface area contributed by atoms with Crippen LogP contribution in [0.4, 0.5) is 0 Å². The Morgan fingerprint density at radius 3 is 2.22 bits per heavy atom. The first-order chi connectivity index (χ1) is 8.57. The van der Waals surface area contributed by atoms with Crippen molar-refractivity contribution in [1.29, 1.82) is 0 Å². The first kappa shape index (κ1) is 12.8. The summed E-state index contributed by atoms with van der Waals surface area (Å²) in [5.41, 5.74) is 0. The number of sulfonamides is 1. The lowest BCUT2D eigenvalue weighted by molar-refractivity contribution is -0.178. The zero-order valence-corrected chi connectivity index (χ0v) is 11.4. The molecule has 1 spiro atoms. The molecule has 0 aromatic rings. The summed E-state index contributed by atoms with van der Waals surface area (Å²) >= 11 is 0. The molecule has 6 heteroatoms. The molecule has 3 rings (SSSR count). The summed E-state index contributed by atoms with van der Waals surface area (Å²) in [7, 11) is -3.08. The lowest BCUT2D eigenvalue weighted by atomic mass is 9.91. The van der Waals surface area contributed by atoms with Crippen molar-refractivity contribution < 1.29 is 17.9 Å². The van der Waals surface area contributed by atoms with Gasteiger partial charge in [-0.2, -0.15) is 0 Å². The first-order valence-corrected chi connectivity index (χ1v) is 8.50. The van der Waals surface area contributed by atoms with Crippen LogP contribution in [0.5, 0.6) is 0 Å². The Labute approximate surface area is 108 Å². The van der Waals surface area contributed by atoms with E-state index < -0.39 is 15.8 Å². The monoisotopic (exact) mass is 275 g/mol. The third-order valence-corrected chi connectivity index (χ3v) is 5.66. The van der Waals surface area contributed by atoms with E-state index in [0.717, 1.165) is 38.5 Å². The van der Waals surface area contributed by atoms with Crippen LogP contribution in [-0.4, -0.2) is 39.2 Å². The SMILES string of the molecule is O=S(=O)(CC1CC1)NC1CCC2(CC1)OCCO2. The molecular formula is C12H21NO4S. The van der Waals surface area contributed by atoms with Gasteiger partial charge in [0.15, 0.2) is 5.79 Å². The molecule has 18 heavy (non-hydrogen) atoms. The van der Waals surface area contributed by atoms with Crippen LogP contribution in [0.1, 0.15) is 38.5 Å². The Balaban J connectivity index is 1.50. The average molecular weight is 275 g/mol. The van der Waals surface area contributed by atoms with Crippen molar-refractivity contribution in [3.63, 3.8) is 0 Å². The van der Waals surface area contributed by atoms with Gasteiger partial charge in [0.2, 0.25) is 10.0 Å². The molecule has 0 unspecified atom stereocenters. The van der Waals surface area contributed by atoms with Crippen molar-refractivity contribution >= 4 is 10.0 Å². The van der Waals surface area contributed by atoms with Crippen molar-refractivity contribution in [1.82, 2.24) is 4.72 Å². The van der Waals surface area contributed by atoms with Gasteiger partial charge in [-0.1, -0.05) is 0 Å². The van der Waals surface area contributed by atoms with Crippen LogP contribution >= 0.6 is 0 Å². The molecule has 0 bridgehead atoms. The maximum Gasteiger partial charge on any atom is 0.212 e. The summed E-state index contributed by atoms with van der Waals surface area (Å²) in [4.78, 5) is 0. The molecule has 0 radical (unpaired) electrons. The van der Waals surface area contributed by atoms with Crippen molar-refractivity contribution in [2.45, 2.75) is 50.4 Å². The quantitative estimate of drug-likeness (QED) is 0.831. The van der Waals surface area contributed by atoms with Crippen molar-refractivity contribution in [3.05, 3.63) is 0 Å². The topological polar surface area (TPSA) is 64.6 Å². The van der Waals surface area contributed by atoms with Crippen molar-refractivity contribution in [3.8, 4) is 0 Å². The van der Waals surface area contributed by atoms with Crippen LogP contribution in [0, 0.1) is 5.92 Å². The van der Waals surface area contributed by atoms with Crippen LogP contribution in [0.3, 0.4) is 0 Å². The maximum atomic E-state index is 11.9. The third-order valence-electron chi connectivity index (χ3n) is 4.06. The molecule has 0 aromatic heterocycles. The molecule has 3 fully saturated rings. The van der Waals surface area contributed by atoms with Gasteiger partial charge in [-0.15, -0.1) is 0 Å². The summed E-state index contributed by atoms with van der Waals surface area (Å²) in [5.74, 6) is 0.305. The van der Waals surface area contributed by atoms with Gasteiger partial charge in [-0.05, 0) is 31.6 Å². The van der Waals surface area contributed by atoms with Crippen LogP contribution in [0.25, 0.3) is 0 Å². The van der Waals surface area contributed by atoms with E-state index in [2.05, 4.69) is 4.72 Å². The van der Waals surface area contributed by atoms with E-state index in [1.165, 1.54) is 0 Å². The minimum absolute atomic E-state index is 0.0622. The van der Waals surface area contributed by atoms with Crippen LogP contribution < -0.4 is 4.72 Å². The first-order valence-electron chi connectivity index (χ1n) is 6.85. The standard InChI is InChI=1S/C12H21NO4S/c14-18(15,9-10-1-2-10)13-11-3-5-12(6-4-11)16-7-8-17-12/h10-11,13H,1-9H2. The van der Waals surface area contributed by atoms with E-state index in [1.54, 1.807) is 0 Å². The highest BCUT2D eigenvalue weighted by Gasteiger charge is 2.41. The van der Waals surface area contributed by atoms with E-state index >= 15 is 0 Å². The summed E-state index contributed by atoms with van der Waals surface area (Å²) < 4.78 is 37.9. The van der Waals surface area contributed by atoms with E-state index in [0.29, 0.717) is 24.9 Å². The fourth-order valence-electron chi connectivity index (χ4n) is 2.86.